The molecule has 1 N–H and O–H groups in total. The molecule has 0 radical (unpaired) electrons. The summed E-state index contributed by atoms with van der Waals surface area (Å²) in [6.07, 6.45) is 5.94. The van der Waals surface area contributed by atoms with Crippen LogP contribution in [-0.2, 0) is 4.74 Å². The molecule has 0 unspecified atom stereocenters. The van der Waals surface area contributed by atoms with Gasteiger partial charge < -0.3 is 10.1 Å². The molecule has 1 rings (SSSR count). The average Bonchev–Trinajstić information content (AvgIpc) is 2.25. The molecule has 15 heavy (non-hydrogen) atoms. The van der Waals surface area contributed by atoms with Gasteiger partial charge in [-0.25, -0.2) is 4.99 Å². The summed E-state index contributed by atoms with van der Waals surface area (Å²) < 4.78 is 6.36. The Bertz CT molecular complexity index is 264. The van der Waals surface area contributed by atoms with Crippen molar-refractivity contribution in [2.75, 3.05) is 13.2 Å². The van der Waals surface area contributed by atoms with Crippen molar-refractivity contribution in [1.29, 1.82) is 0 Å². The van der Waals surface area contributed by atoms with E-state index in [1.165, 1.54) is 0 Å². The third-order valence-corrected chi connectivity index (χ3v) is 2.48. The summed E-state index contributed by atoms with van der Waals surface area (Å²) in [6, 6.07) is 0.458. The van der Waals surface area contributed by atoms with Crippen molar-refractivity contribution in [2.45, 2.75) is 25.8 Å². The summed E-state index contributed by atoms with van der Waals surface area (Å²) in [7, 11) is 0. The number of nitrogens with zero attached hydrogens (tertiary/aromatic N) is 1. The highest BCUT2D eigenvalue weighted by atomic mass is 79.9. The summed E-state index contributed by atoms with van der Waals surface area (Å²) in [6.45, 7) is 7.18. The molecule has 0 aromatic carbocycles. The van der Waals surface area contributed by atoms with E-state index in [4.69, 9.17) is 4.74 Å². The molecule has 1 fully saturated rings. The van der Waals surface area contributed by atoms with Gasteiger partial charge >= 0.3 is 0 Å². The largest absolute Gasteiger partial charge is 0.381 e. The van der Waals surface area contributed by atoms with E-state index in [0.717, 1.165) is 36.4 Å². The summed E-state index contributed by atoms with van der Waals surface area (Å²) in [5.41, 5.74) is 0. The number of hydrogen-bond acceptors (Lipinski definition) is 3. The third-order valence-electron chi connectivity index (χ3n) is 2.21. The molecule has 4 heteroatoms. The van der Waals surface area contributed by atoms with Crippen LogP contribution in [0, 0.1) is 0 Å². The first-order chi connectivity index (χ1) is 7.22. The smallest absolute Gasteiger partial charge is 0.125 e. The summed E-state index contributed by atoms with van der Waals surface area (Å²) in [5, 5.41) is 3.35. The summed E-state index contributed by atoms with van der Waals surface area (Å²) in [4.78, 5) is 3.95. The first kappa shape index (κ1) is 12.5. The van der Waals surface area contributed by atoms with Gasteiger partial charge in [-0.3, -0.25) is 0 Å². The van der Waals surface area contributed by atoms with Gasteiger partial charge in [-0.1, -0.05) is 15.9 Å². The van der Waals surface area contributed by atoms with Crippen LogP contribution >= 0.6 is 15.9 Å². The molecule has 1 heterocycles. The Balaban J connectivity index is 2.48. The molecule has 3 nitrogen and oxygen atoms in total. The van der Waals surface area contributed by atoms with Crippen molar-refractivity contribution in [2.24, 2.45) is 4.99 Å². The lowest BCUT2D eigenvalue weighted by molar-refractivity contribution is 0.0803. The Kier molecular flexibility index (Phi) is 5.65. The fourth-order valence-electron chi connectivity index (χ4n) is 1.39. The number of nitrogens with one attached hydrogen (secondary N) is 1. The molecular weight excluding hydrogens is 256 g/mol. The van der Waals surface area contributed by atoms with E-state index in [9.17, 15) is 0 Å². The van der Waals surface area contributed by atoms with Crippen LogP contribution in [0.5, 0.6) is 0 Å². The predicted molar refractivity (Wildman–Crippen MR) is 67.3 cm³/mol. The molecule has 0 aromatic rings. The van der Waals surface area contributed by atoms with Gasteiger partial charge in [0, 0.05) is 19.3 Å². The van der Waals surface area contributed by atoms with Gasteiger partial charge in [0.1, 0.15) is 5.82 Å². The number of hydrogen-bond donors (Lipinski definition) is 1. The van der Waals surface area contributed by atoms with E-state index in [2.05, 4.69) is 33.0 Å². The molecule has 1 aliphatic rings. The number of ether oxygens (including phenoxy) is 1. The van der Waals surface area contributed by atoms with Gasteiger partial charge in [0.25, 0.3) is 0 Å². The van der Waals surface area contributed by atoms with Crippen LogP contribution < -0.4 is 5.32 Å². The molecule has 0 amide bonds. The van der Waals surface area contributed by atoms with E-state index in [1.54, 1.807) is 0 Å². The third kappa shape index (κ3) is 5.14. The summed E-state index contributed by atoms with van der Waals surface area (Å²) >= 11 is 3.36. The zero-order valence-electron chi connectivity index (χ0n) is 9.00. The maximum Gasteiger partial charge on any atom is 0.125 e. The van der Waals surface area contributed by atoms with Gasteiger partial charge in [-0.05, 0) is 43.1 Å². The maximum absolute atomic E-state index is 5.29. The van der Waals surface area contributed by atoms with E-state index in [1.807, 2.05) is 19.1 Å². The normalized spacial score (nSPS) is 20.1. The predicted octanol–water partition coefficient (Wildman–Crippen LogP) is 2.60. The lowest BCUT2D eigenvalue weighted by atomic mass is 10.1. The summed E-state index contributed by atoms with van der Waals surface area (Å²) in [5.74, 6) is 0.820. The highest BCUT2D eigenvalue weighted by molar-refractivity contribution is 9.11. The van der Waals surface area contributed by atoms with Crippen LogP contribution in [0.4, 0.5) is 0 Å². The standard InChI is InChI=1S/C11H17BrN2O/c1-9(12)3-4-11(13-2)14-10-5-7-15-8-6-10/h3-4,10,14H,2,5-8H2,1H3/b9-3+,11-4+. The lowest BCUT2D eigenvalue weighted by Crippen LogP contribution is -2.33. The monoisotopic (exact) mass is 272 g/mol. The van der Waals surface area contributed by atoms with Crippen molar-refractivity contribution < 1.29 is 4.74 Å². The Morgan fingerprint density at radius 3 is 2.67 bits per heavy atom. The second-order valence-corrected chi connectivity index (χ2v) is 4.75. The number of halogens is 1. The highest BCUT2D eigenvalue weighted by Crippen LogP contribution is 2.09. The molecule has 0 aromatic heterocycles. The second kappa shape index (κ2) is 6.80. The molecular formula is C11H17BrN2O. The fourth-order valence-corrected chi connectivity index (χ4v) is 1.52. The lowest BCUT2D eigenvalue weighted by Gasteiger charge is -2.23. The van der Waals surface area contributed by atoms with Crippen molar-refractivity contribution in [3.05, 3.63) is 22.5 Å². The van der Waals surface area contributed by atoms with Crippen molar-refractivity contribution in [3.63, 3.8) is 0 Å². The van der Waals surface area contributed by atoms with Crippen molar-refractivity contribution in [3.8, 4) is 0 Å². The van der Waals surface area contributed by atoms with Gasteiger partial charge in [-0.15, -0.1) is 0 Å². The number of allylic oxidation sites excluding steroid dienone is 3. The Hall–Kier alpha value is -0.610. The van der Waals surface area contributed by atoms with Crippen LogP contribution in [0.25, 0.3) is 0 Å². The number of aliphatic imine (C=N–C) groups is 1. The molecule has 84 valence electrons. The average molecular weight is 273 g/mol. The van der Waals surface area contributed by atoms with Crippen LogP contribution in [0.3, 0.4) is 0 Å². The second-order valence-electron chi connectivity index (χ2n) is 3.49. The topological polar surface area (TPSA) is 33.6 Å². The molecule has 0 aliphatic carbocycles. The maximum atomic E-state index is 5.29. The SMILES string of the molecule is C=N/C(=C\C=C(/C)Br)NC1CCOCC1. The minimum absolute atomic E-state index is 0.458. The molecule has 0 atom stereocenters. The minimum atomic E-state index is 0.458. The Morgan fingerprint density at radius 1 is 1.47 bits per heavy atom. The zero-order chi connectivity index (χ0) is 11.1. The van der Waals surface area contributed by atoms with E-state index in [0.29, 0.717) is 6.04 Å². The van der Waals surface area contributed by atoms with E-state index < -0.39 is 0 Å². The first-order valence-electron chi connectivity index (χ1n) is 5.07. The van der Waals surface area contributed by atoms with Gasteiger partial charge in [0.2, 0.25) is 0 Å². The molecule has 1 saturated heterocycles. The minimum Gasteiger partial charge on any atom is -0.381 e. The van der Waals surface area contributed by atoms with Crippen molar-refractivity contribution in [1.82, 2.24) is 5.32 Å². The zero-order valence-corrected chi connectivity index (χ0v) is 10.6. The van der Waals surface area contributed by atoms with Gasteiger partial charge in [-0.2, -0.15) is 0 Å². The van der Waals surface area contributed by atoms with Crippen molar-refractivity contribution >= 4 is 22.6 Å². The van der Waals surface area contributed by atoms with Crippen LogP contribution in [0.1, 0.15) is 19.8 Å². The van der Waals surface area contributed by atoms with Gasteiger partial charge in [0.15, 0.2) is 0 Å². The molecule has 0 saturated carbocycles. The van der Waals surface area contributed by atoms with Crippen LogP contribution in [-0.4, -0.2) is 26.0 Å². The first-order valence-corrected chi connectivity index (χ1v) is 5.87. The van der Waals surface area contributed by atoms with E-state index in [-0.39, 0.29) is 0 Å². The van der Waals surface area contributed by atoms with Crippen LogP contribution in [0.2, 0.25) is 0 Å². The van der Waals surface area contributed by atoms with Gasteiger partial charge in [0.05, 0.1) is 0 Å². The van der Waals surface area contributed by atoms with E-state index >= 15 is 0 Å². The number of rotatable bonds is 4. The fraction of sp³-hybridized carbons (Fsp3) is 0.545. The molecule has 1 aliphatic heterocycles. The quantitative estimate of drug-likeness (QED) is 0.631. The Morgan fingerprint density at radius 2 is 2.13 bits per heavy atom. The Labute approximate surface area is 99.4 Å². The molecule has 0 spiro atoms. The van der Waals surface area contributed by atoms with Crippen LogP contribution in [0.15, 0.2) is 27.4 Å². The molecule has 0 bridgehead atoms. The highest BCUT2D eigenvalue weighted by Gasteiger charge is 2.13.